The van der Waals surface area contributed by atoms with Crippen molar-refractivity contribution in [2.24, 2.45) is 0 Å². The predicted octanol–water partition coefficient (Wildman–Crippen LogP) is 4.18. The van der Waals surface area contributed by atoms with Crippen LogP contribution < -0.4 is 0 Å². The molecule has 2 aromatic carbocycles. The minimum absolute atomic E-state index is 0.177. The Morgan fingerprint density at radius 2 is 1.86 bits per heavy atom. The lowest BCUT2D eigenvalue weighted by Gasteiger charge is -2.08. The lowest BCUT2D eigenvalue weighted by molar-refractivity contribution is 0.0686. The zero-order valence-electron chi connectivity index (χ0n) is 10.9. The number of benzene rings is 2. The summed E-state index contributed by atoms with van der Waals surface area (Å²) in [6.45, 7) is 0.354. The number of fused-ring (bicyclic) bond motifs is 1. The number of rotatable bonds is 3. The zero-order valence-corrected chi connectivity index (χ0v) is 11.6. The van der Waals surface area contributed by atoms with Crippen LogP contribution in [-0.2, 0) is 6.54 Å². The van der Waals surface area contributed by atoms with Gasteiger partial charge < -0.3 is 9.67 Å². The van der Waals surface area contributed by atoms with Crippen LogP contribution in [0.5, 0.6) is 0 Å². The third-order valence-corrected chi connectivity index (χ3v) is 3.57. The fourth-order valence-corrected chi connectivity index (χ4v) is 2.54. The van der Waals surface area contributed by atoms with Gasteiger partial charge in [-0.05, 0) is 42.0 Å². The summed E-state index contributed by atoms with van der Waals surface area (Å²) in [5, 5.41) is 10.7. The van der Waals surface area contributed by atoms with E-state index in [1.54, 1.807) is 41.0 Å². The van der Waals surface area contributed by atoms with Gasteiger partial charge in [0, 0.05) is 22.5 Å². The van der Waals surface area contributed by atoms with Crippen LogP contribution >= 0.6 is 11.6 Å². The first-order valence-electron chi connectivity index (χ1n) is 6.31. The minimum Gasteiger partial charge on any atom is -0.477 e. The van der Waals surface area contributed by atoms with Gasteiger partial charge in [0.1, 0.15) is 11.5 Å². The fraction of sp³-hybridized carbons (Fsp3) is 0.0625. The van der Waals surface area contributed by atoms with Gasteiger partial charge in [-0.25, -0.2) is 9.18 Å². The highest BCUT2D eigenvalue weighted by molar-refractivity contribution is 6.31. The van der Waals surface area contributed by atoms with E-state index in [1.807, 2.05) is 0 Å². The van der Waals surface area contributed by atoms with E-state index >= 15 is 0 Å². The molecule has 0 amide bonds. The number of hydrogen-bond acceptors (Lipinski definition) is 1. The predicted molar refractivity (Wildman–Crippen MR) is 79.4 cm³/mol. The number of nitrogens with zero attached hydrogens (tertiary/aromatic N) is 1. The maximum absolute atomic E-state index is 13.0. The molecule has 3 nitrogen and oxygen atoms in total. The maximum atomic E-state index is 13.0. The second-order valence-electron chi connectivity index (χ2n) is 4.75. The summed E-state index contributed by atoms with van der Waals surface area (Å²) < 4.78 is 14.6. The molecule has 5 heteroatoms. The minimum atomic E-state index is -1.01. The van der Waals surface area contributed by atoms with E-state index in [9.17, 15) is 14.3 Å². The maximum Gasteiger partial charge on any atom is 0.352 e. The molecular formula is C16H11ClFNO2. The van der Waals surface area contributed by atoms with Crippen LogP contribution in [0.2, 0.25) is 5.02 Å². The highest BCUT2D eigenvalue weighted by atomic mass is 35.5. The van der Waals surface area contributed by atoms with Gasteiger partial charge in [-0.1, -0.05) is 23.7 Å². The van der Waals surface area contributed by atoms with Crippen LogP contribution in [0.15, 0.2) is 48.5 Å². The molecule has 0 aliphatic carbocycles. The van der Waals surface area contributed by atoms with E-state index in [2.05, 4.69) is 0 Å². The second-order valence-corrected chi connectivity index (χ2v) is 5.19. The molecule has 0 aliphatic heterocycles. The van der Waals surface area contributed by atoms with Crippen molar-refractivity contribution in [3.63, 3.8) is 0 Å². The monoisotopic (exact) mass is 303 g/mol. The summed E-state index contributed by atoms with van der Waals surface area (Å²) in [5.41, 5.74) is 1.78. The molecule has 1 heterocycles. The molecule has 0 spiro atoms. The SMILES string of the molecule is O=C(O)c1cc2cc(Cl)ccc2n1Cc1ccc(F)cc1. The van der Waals surface area contributed by atoms with Gasteiger partial charge in [0.2, 0.25) is 0 Å². The van der Waals surface area contributed by atoms with Crippen molar-refractivity contribution in [1.82, 2.24) is 4.57 Å². The molecule has 0 radical (unpaired) electrons. The topological polar surface area (TPSA) is 42.2 Å². The Morgan fingerprint density at radius 1 is 1.14 bits per heavy atom. The summed E-state index contributed by atoms with van der Waals surface area (Å²) in [6, 6.07) is 12.8. The van der Waals surface area contributed by atoms with E-state index in [0.29, 0.717) is 11.6 Å². The summed E-state index contributed by atoms with van der Waals surface area (Å²) >= 11 is 5.94. The Morgan fingerprint density at radius 3 is 2.52 bits per heavy atom. The highest BCUT2D eigenvalue weighted by Gasteiger charge is 2.15. The first kappa shape index (κ1) is 13.6. The van der Waals surface area contributed by atoms with E-state index in [1.165, 1.54) is 12.1 Å². The molecule has 0 bridgehead atoms. The lowest BCUT2D eigenvalue weighted by Crippen LogP contribution is -2.09. The Balaban J connectivity index is 2.13. The van der Waals surface area contributed by atoms with Crippen molar-refractivity contribution in [3.8, 4) is 0 Å². The van der Waals surface area contributed by atoms with Crippen LogP contribution in [-0.4, -0.2) is 15.6 Å². The van der Waals surface area contributed by atoms with Gasteiger partial charge in [-0.15, -0.1) is 0 Å². The van der Waals surface area contributed by atoms with Crippen LogP contribution in [0.3, 0.4) is 0 Å². The van der Waals surface area contributed by atoms with Gasteiger partial charge in [-0.2, -0.15) is 0 Å². The van der Waals surface area contributed by atoms with Gasteiger partial charge in [-0.3, -0.25) is 0 Å². The largest absolute Gasteiger partial charge is 0.477 e. The third-order valence-electron chi connectivity index (χ3n) is 3.34. The summed E-state index contributed by atoms with van der Waals surface area (Å²) in [7, 11) is 0. The smallest absolute Gasteiger partial charge is 0.352 e. The molecule has 3 rings (SSSR count). The standard InChI is InChI=1S/C16H11ClFNO2/c17-12-3-6-14-11(7-12)8-15(16(20)21)19(14)9-10-1-4-13(18)5-2-10/h1-8H,9H2,(H,20,21). The van der Waals surface area contributed by atoms with Gasteiger partial charge >= 0.3 is 5.97 Å². The van der Waals surface area contributed by atoms with Crippen molar-refractivity contribution in [3.05, 3.63) is 70.6 Å². The molecule has 0 unspecified atom stereocenters. The molecule has 1 aromatic heterocycles. The Labute approximate surface area is 125 Å². The fourth-order valence-electron chi connectivity index (χ4n) is 2.36. The number of aromatic nitrogens is 1. The average molecular weight is 304 g/mol. The molecule has 1 N–H and O–H groups in total. The zero-order chi connectivity index (χ0) is 15.0. The number of carboxylic acid groups (broad SMARTS) is 1. The quantitative estimate of drug-likeness (QED) is 0.788. The molecular weight excluding hydrogens is 293 g/mol. The van der Waals surface area contributed by atoms with Crippen LogP contribution in [0.4, 0.5) is 4.39 Å². The van der Waals surface area contributed by atoms with Gasteiger partial charge in [0.05, 0.1) is 0 Å². The number of carbonyl (C=O) groups is 1. The van der Waals surface area contributed by atoms with E-state index in [-0.39, 0.29) is 11.5 Å². The molecule has 21 heavy (non-hydrogen) atoms. The lowest BCUT2D eigenvalue weighted by atomic mass is 10.2. The van der Waals surface area contributed by atoms with Crippen molar-refractivity contribution in [2.75, 3.05) is 0 Å². The normalized spacial score (nSPS) is 11.0. The van der Waals surface area contributed by atoms with Crippen LogP contribution in [0, 0.1) is 5.82 Å². The van der Waals surface area contributed by atoms with Gasteiger partial charge in [0.25, 0.3) is 0 Å². The molecule has 0 aliphatic rings. The van der Waals surface area contributed by atoms with Crippen LogP contribution in [0.25, 0.3) is 10.9 Å². The molecule has 0 fully saturated rings. The van der Waals surface area contributed by atoms with E-state index < -0.39 is 5.97 Å². The Kier molecular flexibility index (Phi) is 3.39. The Bertz CT molecular complexity index is 824. The van der Waals surface area contributed by atoms with Crippen molar-refractivity contribution < 1.29 is 14.3 Å². The second kappa shape index (κ2) is 5.22. The summed E-state index contributed by atoms with van der Waals surface area (Å²) in [4.78, 5) is 11.4. The molecule has 106 valence electrons. The molecule has 0 saturated carbocycles. The summed E-state index contributed by atoms with van der Waals surface area (Å²) in [5.74, 6) is -1.33. The van der Waals surface area contributed by atoms with Crippen LogP contribution in [0.1, 0.15) is 16.1 Å². The first-order valence-corrected chi connectivity index (χ1v) is 6.69. The van der Waals surface area contributed by atoms with Crippen molar-refractivity contribution in [1.29, 1.82) is 0 Å². The third kappa shape index (κ3) is 2.62. The van der Waals surface area contributed by atoms with Crippen molar-refractivity contribution >= 4 is 28.5 Å². The van der Waals surface area contributed by atoms with E-state index in [4.69, 9.17) is 11.6 Å². The van der Waals surface area contributed by atoms with Gasteiger partial charge in [0.15, 0.2) is 0 Å². The number of aromatic carboxylic acids is 1. The molecule has 0 saturated heterocycles. The van der Waals surface area contributed by atoms with Crippen molar-refractivity contribution in [2.45, 2.75) is 6.54 Å². The number of carboxylic acids is 1. The molecule has 3 aromatic rings. The molecule has 0 atom stereocenters. The first-order chi connectivity index (χ1) is 10.0. The Hall–Kier alpha value is -2.33. The number of halogens is 2. The number of hydrogen-bond donors (Lipinski definition) is 1. The highest BCUT2D eigenvalue weighted by Crippen LogP contribution is 2.24. The van der Waals surface area contributed by atoms with E-state index in [0.717, 1.165) is 16.5 Å². The average Bonchev–Trinajstić information content (AvgIpc) is 2.79. The summed E-state index contributed by atoms with van der Waals surface area (Å²) in [6.07, 6.45) is 0.